The first-order valence-electron chi connectivity index (χ1n) is 7.91. The normalized spacial score (nSPS) is 19.6. The van der Waals surface area contributed by atoms with E-state index >= 15 is 0 Å². The number of rotatable bonds is 3. The van der Waals surface area contributed by atoms with Crippen molar-refractivity contribution in [2.75, 3.05) is 13.1 Å². The number of hydrogen-bond acceptors (Lipinski definition) is 3. The van der Waals surface area contributed by atoms with E-state index in [-0.39, 0.29) is 11.9 Å². The largest absolute Gasteiger partial charge is 0.337 e. The zero-order valence-corrected chi connectivity index (χ0v) is 13.9. The summed E-state index contributed by atoms with van der Waals surface area (Å²) in [5.41, 5.74) is 7.28. The maximum Gasteiger partial charge on any atom is 0.274 e. The third kappa shape index (κ3) is 3.57. The van der Waals surface area contributed by atoms with Crippen molar-refractivity contribution in [2.24, 2.45) is 11.7 Å². The van der Waals surface area contributed by atoms with E-state index < -0.39 is 0 Å². The van der Waals surface area contributed by atoms with Gasteiger partial charge in [0.15, 0.2) is 5.69 Å². The maximum atomic E-state index is 12.7. The molecule has 1 aliphatic rings. The summed E-state index contributed by atoms with van der Waals surface area (Å²) in [7, 11) is 0. The molecule has 2 N–H and O–H groups in total. The van der Waals surface area contributed by atoms with Gasteiger partial charge in [0, 0.05) is 30.4 Å². The topological polar surface area (TPSA) is 64.2 Å². The van der Waals surface area contributed by atoms with Crippen LogP contribution in [-0.4, -0.2) is 39.7 Å². The number of halogens is 1. The Morgan fingerprint density at radius 3 is 3.00 bits per heavy atom. The summed E-state index contributed by atoms with van der Waals surface area (Å²) in [6, 6.07) is 9.24. The molecule has 1 amide bonds. The molecule has 1 aromatic heterocycles. The minimum Gasteiger partial charge on any atom is -0.337 e. The molecule has 0 bridgehead atoms. The van der Waals surface area contributed by atoms with Gasteiger partial charge in [-0.15, -0.1) is 0 Å². The van der Waals surface area contributed by atoms with Crippen LogP contribution in [0.15, 0.2) is 36.5 Å². The highest BCUT2D eigenvalue weighted by Gasteiger charge is 2.27. The molecule has 23 heavy (non-hydrogen) atoms. The molecule has 2 heterocycles. The molecule has 0 radical (unpaired) electrons. The van der Waals surface area contributed by atoms with Gasteiger partial charge in [-0.2, -0.15) is 5.10 Å². The zero-order valence-electron chi connectivity index (χ0n) is 13.2. The molecule has 2 atom stereocenters. The van der Waals surface area contributed by atoms with E-state index in [0.717, 1.165) is 25.1 Å². The number of piperidine rings is 1. The Balaban J connectivity index is 1.76. The highest BCUT2D eigenvalue weighted by molar-refractivity contribution is 6.30. The van der Waals surface area contributed by atoms with Gasteiger partial charge in [-0.3, -0.25) is 4.79 Å². The number of hydrogen-bond donors (Lipinski definition) is 1. The summed E-state index contributed by atoms with van der Waals surface area (Å²) in [4.78, 5) is 14.5. The van der Waals surface area contributed by atoms with E-state index in [1.807, 2.05) is 36.1 Å². The van der Waals surface area contributed by atoms with Crippen LogP contribution >= 0.6 is 11.6 Å². The van der Waals surface area contributed by atoms with Gasteiger partial charge in [0.1, 0.15) is 0 Å². The molecular weight excluding hydrogens is 312 g/mol. The summed E-state index contributed by atoms with van der Waals surface area (Å²) < 4.78 is 1.67. The number of amides is 1. The van der Waals surface area contributed by atoms with Gasteiger partial charge in [-0.25, -0.2) is 4.68 Å². The fourth-order valence-electron chi connectivity index (χ4n) is 2.99. The predicted octanol–water partition coefficient (Wildman–Crippen LogP) is 2.73. The SMILES string of the molecule is C[C@H](N)[C@@H]1CCCN(C(=O)c2ccn(-c3cccc(Cl)c3)n2)C1. The Labute approximate surface area is 141 Å². The summed E-state index contributed by atoms with van der Waals surface area (Å²) in [6.45, 7) is 3.49. The van der Waals surface area contributed by atoms with Crippen molar-refractivity contribution in [1.29, 1.82) is 0 Å². The number of carbonyl (C=O) groups excluding carboxylic acids is 1. The Bertz CT molecular complexity index is 697. The van der Waals surface area contributed by atoms with Crippen LogP contribution in [0.25, 0.3) is 5.69 Å². The molecule has 1 aliphatic heterocycles. The average Bonchev–Trinajstić information content (AvgIpc) is 3.04. The maximum absolute atomic E-state index is 12.7. The van der Waals surface area contributed by atoms with Gasteiger partial charge >= 0.3 is 0 Å². The second-order valence-electron chi connectivity index (χ2n) is 6.14. The van der Waals surface area contributed by atoms with Gasteiger partial charge in [0.05, 0.1) is 5.69 Å². The van der Waals surface area contributed by atoms with Crippen LogP contribution in [-0.2, 0) is 0 Å². The molecule has 0 spiro atoms. The van der Waals surface area contributed by atoms with Crippen LogP contribution in [0.2, 0.25) is 5.02 Å². The van der Waals surface area contributed by atoms with Gasteiger partial charge in [-0.05, 0) is 49.9 Å². The molecule has 3 rings (SSSR count). The smallest absolute Gasteiger partial charge is 0.274 e. The van der Waals surface area contributed by atoms with Crippen molar-refractivity contribution >= 4 is 17.5 Å². The van der Waals surface area contributed by atoms with Gasteiger partial charge in [0.25, 0.3) is 5.91 Å². The van der Waals surface area contributed by atoms with Crippen molar-refractivity contribution in [2.45, 2.75) is 25.8 Å². The second kappa shape index (κ2) is 6.72. The lowest BCUT2D eigenvalue weighted by Gasteiger charge is -2.34. The van der Waals surface area contributed by atoms with Crippen molar-refractivity contribution in [3.63, 3.8) is 0 Å². The van der Waals surface area contributed by atoms with E-state index in [1.54, 1.807) is 16.9 Å². The number of nitrogens with zero attached hydrogens (tertiary/aromatic N) is 3. The summed E-state index contributed by atoms with van der Waals surface area (Å²) >= 11 is 6.00. The van der Waals surface area contributed by atoms with Gasteiger partial charge in [0.2, 0.25) is 0 Å². The fourth-order valence-corrected chi connectivity index (χ4v) is 3.17. The molecule has 5 nitrogen and oxygen atoms in total. The van der Waals surface area contributed by atoms with Crippen LogP contribution < -0.4 is 5.73 Å². The summed E-state index contributed by atoms with van der Waals surface area (Å²) in [5, 5.41) is 5.04. The third-order valence-corrected chi connectivity index (χ3v) is 4.60. The number of aromatic nitrogens is 2. The lowest BCUT2D eigenvalue weighted by molar-refractivity contribution is 0.0654. The van der Waals surface area contributed by atoms with Crippen LogP contribution in [0.1, 0.15) is 30.3 Å². The molecule has 1 saturated heterocycles. The first-order chi connectivity index (χ1) is 11.0. The molecule has 1 fully saturated rings. The molecule has 0 aliphatic carbocycles. The first kappa shape index (κ1) is 16.0. The van der Waals surface area contributed by atoms with E-state index in [2.05, 4.69) is 5.10 Å². The molecule has 122 valence electrons. The quantitative estimate of drug-likeness (QED) is 0.940. The second-order valence-corrected chi connectivity index (χ2v) is 6.57. The van der Waals surface area contributed by atoms with Crippen LogP contribution in [0, 0.1) is 5.92 Å². The van der Waals surface area contributed by atoms with Crippen LogP contribution in [0.5, 0.6) is 0 Å². The van der Waals surface area contributed by atoms with Crippen molar-refractivity contribution in [1.82, 2.24) is 14.7 Å². The van der Waals surface area contributed by atoms with E-state index in [0.29, 0.717) is 23.2 Å². The lowest BCUT2D eigenvalue weighted by atomic mass is 9.92. The Hall–Kier alpha value is -1.85. The summed E-state index contributed by atoms with van der Waals surface area (Å²) in [6.07, 6.45) is 3.86. The molecule has 0 unspecified atom stereocenters. The number of carbonyl (C=O) groups is 1. The minimum absolute atomic E-state index is 0.0314. The van der Waals surface area contributed by atoms with Crippen molar-refractivity contribution < 1.29 is 4.79 Å². The zero-order chi connectivity index (χ0) is 16.4. The average molecular weight is 333 g/mol. The van der Waals surface area contributed by atoms with Crippen molar-refractivity contribution in [3.8, 4) is 5.69 Å². The molecule has 1 aromatic carbocycles. The molecular formula is C17H21ClN4O. The number of benzene rings is 1. The van der Waals surface area contributed by atoms with E-state index in [4.69, 9.17) is 17.3 Å². The number of likely N-dealkylation sites (tertiary alicyclic amines) is 1. The Morgan fingerprint density at radius 2 is 2.26 bits per heavy atom. The van der Waals surface area contributed by atoms with Crippen LogP contribution in [0.4, 0.5) is 0 Å². The summed E-state index contributed by atoms with van der Waals surface area (Å²) in [5.74, 6) is 0.332. The predicted molar refractivity (Wildman–Crippen MR) is 90.9 cm³/mol. The monoisotopic (exact) mass is 332 g/mol. The third-order valence-electron chi connectivity index (χ3n) is 4.37. The molecule has 6 heteroatoms. The minimum atomic E-state index is -0.0314. The lowest BCUT2D eigenvalue weighted by Crippen LogP contribution is -2.45. The molecule has 0 saturated carbocycles. The van der Waals surface area contributed by atoms with E-state index in [9.17, 15) is 4.79 Å². The Kier molecular flexibility index (Phi) is 4.68. The van der Waals surface area contributed by atoms with Crippen molar-refractivity contribution in [3.05, 3.63) is 47.2 Å². The fraction of sp³-hybridized carbons (Fsp3) is 0.412. The standard InChI is InChI=1S/C17H21ClN4O/c1-12(19)13-4-3-8-21(11-13)17(23)16-7-9-22(20-16)15-6-2-5-14(18)10-15/h2,5-7,9-10,12-13H,3-4,8,11,19H2,1H3/t12-,13+/m0/s1. The van der Waals surface area contributed by atoms with E-state index in [1.165, 1.54) is 0 Å². The highest BCUT2D eigenvalue weighted by atomic mass is 35.5. The van der Waals surface area contributed by atoms with Gasteiger partial charge < -0.3 is 10.6 Å². The van der Waals surface area contributed by atoms with Crippen LogP contribution in [0.3, 0.4) is 0 Å². The first-order valence-corrected chi connectivity index (χ1v) is 8.29. The van der Waals surface area contributed by atoms with Gasteiger partial charge in [-0.1, -0.05) is 17.7 Å². The Morgan fingerprint density at radius 1 is 1.43 bits per heavy atom. The number of nitrogens with two attached hydrogens (primary N) is 1. The molecule has 2 aromatic rings. The highest BCUT2D eigenvalue weighted by Crippen LogP contribution is 2.21.